The van der Waals surface area contributed by atoms with Gasteiger partial charge in [0.05, 0.1) is 19.7 Å². The van der Waals surface area contributed by atoms with Gasteiger partial charge in [0.1, 0.15) is 0 Å². The Morgan fingerprint density at radius 3 is 2.50 bits per heavy atom. The van der Waals surface area contributed by atoms with Gasteiger partial charge in [-0.05, 0) is 5.92 Å². The topological polar surface area (TPSA) is 102 Å². The highest BCUT2D eigenvalue weighted by Crippen LogP contribution is 2.04. The summed E-state index contributed by atoms with van der Waals surface area (Å²) in [7, 11) is 1.16. The lowest BCUT2D eigenvalue weighted by Gasteiger charge is -2.18. The Balaban J connectivity index is 4.02. The minimum absolute atomic E-state index is 0.0512. The first-order chi connectivity index (χ1) is 7.43. The molecule has 0 radical (unpaired) electrons. The molecule has 0 aromatic carbocycles. The van der Waals surface area contributed by atoms with E-state index in [-0.39, 0.29) is 18.4 Å². The Bertz CT molecular complexity index is 245. The second kappa shape index (κ2) is 7.19. The van der Waals surface area contributed by atoms with Crippen LogP contribution in [-0.4, -0.2) is 42.8 Å². The maximum atomic E-state index is 11.5. The van der Waals surface area contributed by atoms with Gasteiger partial charge in [-0.3, -0.25) is 4.79 Å². The lowest BCUT2D eigenvalue weighted by Crippen LogP contribution is -2.47. The van der Waals surface area contributed by atoms with E-state index in [9.17, 15) is 14.7 Å². The standard InChI is InChI=1S/C10H20N2O4/c1-4-6(2)8(11)9(14)12-5-7(13)10(15)16-3/h6-8,13H,4-5,11H2,1-3H3,(H,12,14). The largest absolute Gasteiger partial charge is 0.467 e. The van der Waals surface area contributed by atoms with Crippen molar-refractivity contribution in [3.8, 4) is 0 Å². The van der Waals surface area contributed by atoms with Crippen molar-refractivity contribution < 1.29 is 19.4 Å². The van der Waals surface area contributed by atoms with E-state index < -0.39 is 18.1 Å². The summed E-state index contributed by atoms with van der Waals surface area (Å²) < 4.78 is 4.30. The molecule has 0 aliphatic heterocycles. The fraction of sp³-hybridized carbons (Fsp3) is 0.800. The Hall–Kier alpha value is -1.14. The average Bonchev–Trinajstić information content (AvgIpc) is 2.32. The molecule has 0 fully saturated rings. The number of carbonyl (C=O) groups excluding carboxylic acids is 2. The Morgan fingerprint density at radius 1 is 1.50 bits per heavy atom. The van der Waals surface area contributed by atoms with Gasteiger partial charge in [0, 0.05) is 0 Å². The quantitative estimate of drug-likeness (QED) is 0.510. The molecular formula is C10H20N2O4. The zero-order valence-electron chi connectivity index (χ0n) is 9.90. The van der Waals surface area contributed by atoms with E-state index in [0.717, 1.165) is 13.5 Å². The number of esters is 1. The monoisotopic (exact) mass is 232 g/mol. The average molecular weight is 232 g/mol. The van der Waals surface area contributed by atoms with Crippen LogP contribution >= 0.6 is 0 Å². The van der Waals surface area contributed by atoms with E-state index in [1.165, 1.54) is 0 Å². The lowest BCUT2D eigenvalue weighted by atomic mass is 9.99. The third kappa shape index (κ3) is 4.59. The Labute approximate surface area is 95.1 Å². The predicted octanol–water partition coefficient (Wildman–Crippen LogP) is -0.990. The van der Waals surface area contributed by atoms with E-state index in [0.29, 0.717) is 0 Å². The molecule has 4 N–H and O–H groups in total. The molecular weight excluding hydrogens is 212 g/mol. The number of amides is 1. The van der Waals surface area contributed by atoms with Crippen LogP contribution in [0, 0.1) is 5.92 Å². The van der Waals surface area contributed by atoms with Crippen LogP contribution in [0.3, 0.4) is 0 Å². The van der Waals surface area contributed by atoms with Crippen LogP contribution in [0.4, 0.5) is 0 Å². The summed E-state index contributed by atoms with van der Waals surface area (Å²) >= 11 is 0. The number of nitrogens with one attached hydrogen (secondary N) is 1. The van der Waals surface area contributed by atoms with Gasteiger partial charge in [-0.25, -0.2) is 4.79 Å². The predicted molar refractivity (Wildman–Crippen MR) is 58.5 cm³/mol. The van der Waals surface area contributed by atoms with Crippen LogP contribution in [0.25, 0.3) is 0 Å². The number of methoxy groups -OCH3 is 1. The van der Waals surface area contributed by atoms with Crippen molar-refractivity contribution in [1.29, 1.82) is 0 Å². The van der Waals surface area contributed by atoms with Crippen LogP contribution in [0.1, 0.15) is 20.3 Å². The van der Waals surface area contributed by atoms with Gasteiger partial charge in [-0.15, -0.1) is 0 Å². The van der Waals surface area contributed by atoms with Gasteiger partial charge in [-0.2, -0.15) is 0 Å². The highest BCUT2D eigenvalue weighted by atomic mass is 16.5. The van der Waals surface area contributed by atoms with E-state index in [2.05, 4.69) is 10.1 Å². The molecule has 0 aliphatic rings. The third-order valence-electron chi connectivity index (χ3n) is 2.50. The summed E-state index contributed by atoms with van der Waals surface area (Å²) in [6.45, 7) is 3.61. The van der Waals surface area contributed by atoms with E-state index >= 15 is 0 Å². The number of carbonyl (C=O) groups is 2. The maximum Gasteiger partial charge on any atom is 0.336 e. The number of rotatable bonds is 6. The van der Waals surface area contributed by atoms with E-state index in [1.807, 2.05) is 13.8 Å². The number of aliphatic hydroxyl groups excluding tert-OH is 1. The Kier molecular flexibility index (Phi) is 6.67. The van der Waals surface area contributed by atoms with Gasteiger partial charge in [-0.1, -0.05) is 20.3 Å². The summed E-state index contributed by atoms with van der Waals surface area (Å²) in [5.74, 6) is -1.11. The molecule has 0 saturated heterocycles. The molecule has 0 heterocycles. The number of hydrogen-bond acceptors (Lipinski definition) is 5. The molecule has 0 bridgehead atoms. The molecule has 3 atom stereocenters. The summed E-state index contributed by atoms with van der Waals surface area (Å²) in [6.07, 6.45) is -0.563. The van der Waals surface area contributed by atoms with Crippen molar-refractivity contribution in [1.82, 2.24) is 5.32 Å². The van der Waals surface area contributed by atoms with E-state index in [1.54, 1.807) is 0 Å². The van der Waals surface area contributed by atoms with Crippen molar-refractivity contribution in [2.45, 2.75) is 32.4 Å². The van der Waals surface area contributed by atoms with Gasteiger partial charge in [0.2, 0.25) is 5.91 Å². The first-order valence-corrected chi connectivity index (χ1v) is 5.23. The van der Waals surface area contributed by atoms with Crippen molar-refractivity contribution >= 4 is 11.9 Å². The fourth-order valence-corrected chi connectivity index (χ4v) is 1.05. The third-order valence-corrected chi connectivity index (χ3v) is 2.50. The molecule has 0 saturated carbocycles. The van der Waals surface area contributed by atoms with Gasteiger partial charge in [0.15, 0.2) is 6.10 Å². The Morgan fingerprint density at radius 2 is 2.06 bits per heavy atom. The number of ether oxygens (including phenoxy) is 1. The smallest absolute Gasteiger partial charge is 0.336 e. The first kappa shape index (κ1) is 14.9. The molecule has 0 aliphatic carbocycles. The minimum Gasteiger partial charge on any atom is -0.467 e. The van der Waals surface area contributed by atoms with Crippen LogP contribution in [0.2, 0.25) is 0 Å². The molecule has 0 spiro atoms. The number of aliphatic hydroxyl groups is 1. The van der Waals surface area contributed by atoms with Crippen molar-refractivity contribution in [3.63, 3.8) is 0 Å². The molecule has 0 rings (SSSR count). The van der Waals surface area contributed by atoms with Gasteiger partial charge in [0.25, 0.3) is 0 Å². The molecule has 6 heteroatoms. The second-order valence-corrected chi connectivity index (χ2v) is 3.70. The van der Waals surface area contributed by atoms with Crippen molar-refractivity contribution in [2.24, 2.45) is 11.7 Å². The summed E-state index contributed by atoms with van der Waals surface area (Å²) in [6, 6.07) is -0.630. The highest BCUT2D eigenvalue weighted by Gasteiger charge is 2.21. The number of hydrogen-bond donors (Lipinski definition) is 3. The SMILES string of the molecule is CCC(C)C(N)C(=O)NCC(O)C(=O)OC. The van der Waals surface area contributed by atoms with Gasteiger partial charge < -0.3 is 20.9 Å². The zero-order valence-corrected chi connectivity index (χ0v) is 9.90. The summed E-state index contributed by atoms with van der Waals surface area (Å²) in [4.78, 5) is 22.3. The zero-order chi connectivity index (χ0) is 12.7. The molecule has 0 aromatic rings. The summed E-state index contributed by atoms with van der Waals surface area (Å²) in [5, 5.41) is 11.6. The molecule has 0 aromatic heterocycles. The van der Waals surface area contributed by atoms with Crippen molar-refractivity contribution in [3.05, 3.63) is 0 Å². The maximum absolute atomic E-state index is 11.5. The van der Waals surface area contributed by atoms with Crippen LogP contribution in [-0.2, 0) is 14.3 Å². The van der Waals surface area contributed by atoms with Crippen molar-refractivity contribution in [2.75, 3.05) is 13.7 Å². The number of nitrogens with two attached hydrogens (primary N) is 1. The molecule has 6 nitrogen and oxygen atoms in total. The minimum atomic E-state index is -1.35. The van der Waals surface area contributed by atoms with Gasteiger partial charge >= 0.3 is 5.97 Å². The fourth-order valence-electron chi connectivity index (χ4n) is 1.05. The molecule has 94 valence electrons. The highest BCUT2D eigenvalue weighted by molar-refractivity contribution is 5.82. The molecule has 16 heavy (non-hydrogen) atoms. The summed E-state index contributed by atoms with van der Waals surface area (Å²) in [5.41, 5.74) is 5.66. The van der Waals surface area contributed by atoms with Crippen LogP contribution in [0.15, 0.2) is 0 Å². The van der Waals surface area contributed by atoms with E-state index in [4.69, 9.17) is 5.73 Å². The lowest BCUT2D eigenvalue weighted by molar-refractivity contribution is -0.150. The second-order valence-electron chi connectivity index (χ2n) is 3.70. The normalized spacial score (nSPS) is 16.1. The van der Waals surface area contributed by atoms with Crippen LogP contribution < -0.4 is 11.1 Å². The first-order valence-electron chi connectivity index (χ1n) is 5.23. The molecule has 1 amide bonds. The van der Waals surface area contributed by atoms with Crippen LogP contribution in [0.5, 0.6) is 0 Å². The molecule has 3 unspecified atom stereocenters.